The third-order valence-electron chi connectivity index (χ3n) is 5.17. The number of likely N-dealkylation sites (N-methyl/N-ethyl adjacent to an activating group) is 1. The van der Waals surface area contributed by atoms with Gasteiger partial charge in [-0.25, -0.2) is 0 Å². The number of carbonyl (C=O) groups excluding carboxylic acids is 1. The van der Waals surface area contributed by atoms with Crippen LogP contribution in [-0.2, 0) is 11.4 Å². The predicted molar refractivity (Wildman–Crippen MR) is 136 cm³/mol. The molecule has 168 valence electrons. The van der Waals surface area contributed by atoms with E-state index in [0.29, 0.717) is 34.7 Å². The average molecular weight is 479 g/mol. The van der Waals surface area contributed by atoms with E-state index in [1.54, 1.807) is 11.9 Å². The topological polar surface area (TPSA) is 42.0 Å². The minimum Gasteiger partial charge on any atom is -0.494 e. The van der Waals surface area contributed by atoms with Gasteiger partial charge >= 0.3 is 0 Å². The first-order valence-electron chi connectivity index (χ1n) is 10.5. The predicted octanol–water partition coefficient (Wildman–Crippen LogP) is 5.92. The van der Waals surface area contributed by atoms with Gasteiger partial charge in [-0.15, -0.1) is 0 Å². The highest BCUT2D eigenvalue weighted by atomic mass is 35.5. The lowest BCUT2D eigenvalue weighted by Crippen LogP contribution is -2.31. The summed E-state index contributed by atoms with van der Waals surface area (Å²) in [5, 5.41) is 1.13. The normalized spacial score (nSPS) is 14.8. The number of carbonyl (C=O) groups is 1. The number of anilines is 1. The largest absolute Gasteiger partial charge is 0.494 e. The first-order valence-corrected chi connectivity index (χ1v) is 11.3. The highest BCUT2D eigenvalue weighted by Gasteiger charge is 2.36. The van der Waals surface area contributed by atoms with Crippen molar-refractivity contribution in [2.45, 2.75) is 13.5 Å². The third-order valence-corrected chi connectivity index (χ3v) is 5.88. The molecular weight excluding hydrogens is 456 g/mol. The number of hydrogen-bond acceptors (Lipinski definition) is 4. The Morgan fingerprint density at radius 2 is 1.52 bits per heavy atom. The van der Waals surface area contributed by atoms with E-state index in [-0.39, 0.29) is 5.91 Å². The van der Waals surface area contributed by atoms with Gasteiger partial charge in [-0.05, 0) is 84.9 Å². The van der Waals surface area contributed by atoms with Gasteiger partial charge in [0.05, 0.1) is 12.3 Å². The monoisotopic (exact) mass is 478 g/mol. The fourth-order valence-electron chi connectivity index (χ4n) is 3.41. The molecule has 0 radical (unpaired) electrons. The van der Waals surface area contributed by atoms with Crippen molar-refractivity contribution >= 4 is 46.6 Å². The number of nitrogens with zero attached hydrogens (tertiary/aromatic N) is 2. The molecule has 1 aliphatic rings. The van der Waals surface area contributed by atoms with Crippen molar-refractivity contribution in [2.75, 3.05) is 18.6 Å². The van der Waals surface area contributed by atoms with Crippen LogP contribution in [0.3, 0.4) is 0 Å². The van der Waals surface area contributed by atoms with Crippen molar-refractivity contribution in [2.24, 2.45) is 0 Å². The molecule has 0 spiro atoms. The maximum Gasteiger partial charge on any atom is 0.281 e. The summed E-state index contributed by atoms with van der Waals surface area (Å²) in [5.74, 6) is 1.32. The second kappa shape index (κ2) is 10.1. The van der Waals surface area contributed by atoms with Gasteiger partial charge in [0.2, 0.25) is 0 Å². The second-order valence-electron chi connectivity index (χ2n) is 7.42. The smallest absolute Gasteiger partial charge is 0.281 e. The van der Waals surface area contributed by atoms with Gasteiger partial charge in [0.25, 0.3) is 5.91 Å². The van der Waals surface area contributed by atoms with Crippen LogP contribution < -0.4 is 14.4 Å². The zero-order chi connectivity index (χ0) is 23.4. The van der Waals surface area contributed by atoms with Crippen LogP contribution in [0.5, 0.6) is 11.5 Å². The Morgan fingerprint density at radius 1 is 0.909 bits per heavy atom. The lowest BCUT2D eigenvalue weighted by Gasteiger charge is -2.16. The van der Waals surface area contributed by atoms with Gasteiger partial charge in [0.15, 0.2) is 5.11 Å². The van der Waals surface area contributed by atoms with Crippen LogP contribution in [0, 0.1) is 0 Å². The zero-order valence-electron chi connectivity index (χ0n) is 18.3. The Bertz CT molecular complexity index is 1180. The number of amides is 1. The summed E-state index contributed by atoms with van der Waals surface area (Å²) in [6.45, 7) is 2.96. The standard InChI is InChI=1S/C26H23ClN2O3S/c1-3-31-22-14-10-21(11-15-22)29-25(30)24(28(2)26(29)33)16-18-6-12-23(13-7-18)32-17-19-4-8-20(27)9-5-19/h4-16H,3,17H2,1-2H3/b24-16-. The molecule has 1 fully saturated rings. The van der Waals surface area contributed by atoms with Crippen LogP contribution in [0.25, 0.3) is 6.08 Å². The summed E-state index contributed by atoms with van der Waals surface area (Å²) >= 11 is 11.5. The van der Waals surface area contributed by atoms with Crippen molar-refractivity contribution in [1.82, 2.24) is 4.90 Å². The first-order chi connectivity index (χ1) is 16.0. The molecule has 4 rings (SSSR count). The zero-order valence-corrected chi connectivity index (χ0v) is 19.9. The van der Waals surface area contributed by atoms with E-state index in [1.807, 2.05) is 85.8 Å². The van der Waals surface area contributed by atoms with Crippen LogP contribution >= 0.6 is 23.8 Å². The summed E-state index contributed by atoms with van der Waals surface area (Å²) in [4.78, 5) is 16.4. The second-order valence-corrected chi connectivity index (χ2v) is 8.22. The molecule has 0 saturated carbocycles. The van der Waals surface area contributed by atoms with Gasteiger partial charge in [-0.3, -0.25) is 9.69 Å². The van der Waals surface area contributed by atoms with Crippen LogP contribution in [0.15, 0.2) is 78.5 Å². The molecule has 0 unspecified atom stereocenters. The fourth-order valence-corrected chi connectivity index (χ4v) is 3.82. The van der Waals surface area contributed by atoms with Gasteiger partial charge in [-0.1, -0.05) is 35.9 Å². The molecule has 0 aromatic heterocycles. The van der Waals surface area contributed by atoms with Crippen molar-refractivity contribution in [3.8, 4) is 11.5 Å². The number of thiocarbonyl (C=S) groups is 1. The number of benzene rings is 3. The van der Waals surface area contributed by atoms with Gasteiger partial charge in [0.1, 0.15) is 23.8 Å². The Kier molecular flexibility index (Phi) is 6.96. The van der Waals surface area contributed by atoms with Crippen molar-refractivity contribution in [1.29, 1.82) is 0 Å². The minimum atomic E-state index is -0.172. The SMILES string of the molecule is CCOc1ccc(N2C(=O)/C(=C/c3ccc(OCc4ccc(Cl)cc4)cc3)N(C)C2=S)cc1. The molecule has 3 aromatic carbocycles. The molecule has 1 aliphatic heterocycles. The minimum absolute atomic E-state index is 0.172. The Hall–Kier alpha value is -3.35. The van der Waals surface area contributed by atoms with Crippen LogP contribution in [-0.4, -0.2) is 29.6 Å². The molecule has 33 heavy (non-hydrogen) atoms. The lowest BCUT2D eigenvalue weighted by atomic mass is 10.1. The summed E-state index contributed by atoms with van der Waals surface area (Å²) in [6, 6.07) is 22.5. The van der Waals surface area contributed by atoms with Gasteiger partial charge in [0, 0.05) is 12.1 Å². The van der Waals surface area contributed by atoms with E-state index in [9.17, 15) is 4.79 Å². The summed E-state index contributed by atoms with van der Waals surface area (Å²) in [6.07, 6.45) is 1.83. The molecule has 7 heteroatoms. The maximum atomic E-state index is 13.2. The molecule has 0 N–H and O–H groups in total. The summed E-state index contributed by atoms with van der Waals surface area (Å²) in [7, 11) is 1.80. The van der Waals surface area contributed by atoms with E-state index in [2.05, 4.69) is 0 Å². The van der Waals surface area contributed by atoms with Crippen molar-refractivity contribution < 1.29 is 14.3 Å². The van der Waals surface area contributed by atoms with Crippen LogP contribution in [0.4, 0.5) is 5.69 Å². The Labute approximate surface area is 203 Å². The van der Waals surface area contributed by atoms with E-state index in [4.69, 9.17) is 33.3 Å². The maximum absolute atomic E-state index is 13.2. The van der Waals surface area contributed by atoms with Gasteiger partial charge < -0.3 is 14.4 Å². The highest BCUT2D eigenvalue weighted by Crippen LogP contribution is 2.29. The summed E-state index contributed by atoms with van der Waals surface area (Å²) < 4.78 is 11.3. The molecule has 1 saturated heterocycles. The van der Waals surface area contributed by atoms with Crippen LogP contribution in [0.1, 0.15) is 18.1 Å². The number of halogens is 1. The Balaban J connectivity index is 1.47. The fraction of sp³-hybridized carbons (Fsp3) is 0.154. The number of rotatable bonds is 7. The Morgan fingerprint density at radius 3 is 2.15 bits per heavy atom. The highest BCUT2D eigenvalue weighted by molar-refractivity contribution is 7.80. The van der Waals surface area contributed by atoms with Crippen molar-refractivity contribution in [3.63, 3.8) is 0 Å². The molecule has 1 heterocycles. The van der Waals surface area contributed by atoms with E-state index >= 15 is 0 Å². The van der Waals surface area contributed by atoms with E-state index < -0.39 is 0 Å². The molecule has 3 aromatic rings. The summed E-state index contributed by atoms with van der Waals surface area (Å²) in [5.41, 5.74) is 3.12. The molecule has 0 aliphatic carbocycles. The third kappa shape index (κ3) is 5.18. The molecule has 0 bridgehead atoms. The van der Waals surface area contributed by atoms with Gasteiger partial charge in [-0.2, -0.15) is 0 Å². The first kappa shape index (κ1) is 22.8. The molecule has 5 nitrogen and oxygen atoms in total. The van der Waals surface area contributed by atoms with E-state index in [0.717, 1.165) is 22.6 Å². The van der Waals surface area contributed by atoms with E-state index in [1.165, 1.54) is 4.90 Å². The molecule has 0 atom stereocenters. The number of ether oxygens (including phenoxy) is 2. The molecular formula is C26H23ClN2O3S. The lowest BCUT2D eigenvalue weighted by molar-refractivity contribution is -0.114. The van der Waals surface area contributed by atoms with Crippen LogP contribution in [0.2, 0.25) is 5.02 Å². The molecule has 1 amide bonds. The number of hydrogen-bond donors (Lipinski definition) is 0. The van der Waals surface area contributed by atoms with Crippen molar-refractivity contribution in [3.05, 3.63) is 94.6 Å². The average Bonchev–Trinajstić information content (AvgIpc) is 3.03. The quantitative estimate of drug-likeness (QED) is 0.311.